The van der Waals surface area contributed by atoms with Crippen molar-refractivity contribution in [2.45, 2.75) is 12.8 Å². The van der Waals surface area contributed by atoms with Crippen LogP contribution >= 0.6 is 11.6 Å². The number of carboxylic acids is 2. The third-order valence-corrected chi connectivity index (χ3v) is 5.13. The Labute approximate surface area is 187 Å². The molecular formula is C22H20ClF2NO6. The van der Waals surface area contributed by atoms with Gasteiger partial charge < -0.3 is 24.6 Å². The van der Waals surface area contributed by atoms with Gasteiger partial charge in [0, 0.05) is 25.1 Å². The highest BCUT2D eigenvalue weighted by atomic mass is 35.5. The number of rotatable bonds is 8. The van der Waals surface area contributed by atoms with Gasteiger partial charge in [-0.2, -0.15) is 0 Å². The van der Waals surface area contributed by atoms with Gasteiger partial charge in [0.05, 0.1) is 17.7 Å². The van der Waals surface area contributed by atoms with E-state index < -0.39 is 23.6 Å². The van der Waals surface area contributed by atoms with Crippen molar-refractivity contribution in [3.05, 3.63) is 64.8 Å². The Morgan fingerprint density at radius 2 is 1.78 bits per heavy atom. The Morgan fingerprint density at radius 1 is 1.09 bits per heavy atom. The van der Waals surface area contributed by atoms with Gasteiger partial charge in [-0.25, -0.2) is 18.4 Å². The van der Waals surface area contributed by atoms with Gasteiger partial charge in [0.2, 0.25) is 0 Å². The molecule has 2 aromatic rings. The zero-order valence-electron chi connectivity index (χ0n) is 16.8. The summed E-state index contributed by atoms with van der Waals surface area (Å²) < 4.78 is 38.5. The Kier molecular flexibility index (Phi) is 7.53. The Balaban J connectivity index is 1.71. The fraction of sp³-hybridized carbons (Fsp3) is 0.273. The lowest BCUT2D eigenvalue weighted by Crippen LogP contribution is -2.39. The van der Waals surface area contributed by atoms with Crippen molar-refractivity contribution in [1.82, 2.24) is 4.90 Å². The lowest BCUT2D eigenvalue weighted by molar-refractivity contribution is -0.136. The molecule has 1 atom stereocenters. The summed E-state index contributed by atoms with van der Waals surface area (Å²) in [7, 11) is 0. The quantitative estimate of drug-likeness (QED) is 0.549. The van der Waals surface area contributed by atoms with E-state index in [0.29, 0.717) is 19.0 Å². The van der Waals surface area contributed by atoms with E-state index in [1.807, 2.05) is 0 Å². The average molecular weight is 468 g/mol. The summed E-state index contributed by atoms with van der Waals surface area (Å²) in [5, 5.41) is 18.3. The molecule has 1 heterocycles. The summed E-state index contributed by atoms with van der Waals surface area (Å²) in [5.41, 5.74) is -0.293. The molecule has 2 aromatic carbocycles. The second-order valence-electron chi connectivity index (χ2n) is 7.21. The van der Waals surface area contributed by atoms with Gasteiger partial charge in [0.15, 0.2) is 11.5 Å². The SMILES string of the molecule is O=C(O)/C=C(/C(=O)O)N1CCC[C@H](COc2ccc(F)cc2Oc2ccc(F)cc2Cl)C1. The Morgan fingerprint density at radius 3 is 2.44 bits per heavy atom. The number of halogens is 3. The van der Waals surface area contributed by atoms with Gasteiger partial charge in [-0.3, -0.25) is 0 Å². The summed E-state index contributed by atoms with van der Waals surface area (Å²) in [6, 6.07) is 7.23. The zero-order chi connectivity index (χ0) is 23.3. The van der Waals surface area contributed by atoms with Crippen molar-refractivity contribution in [3.63, 3.8) is 0 Å². The highest BCUT2D eigenvalue weighted by Crippen LogP contribution is 2.36. The fourth-order valence-electron chi connectivity index (χ4n) is 3.39. The molecule has 32 heavy (non-hydrogen) atoms. The average Bonchev–Trinajstić information content (AvgIpc) is 2.73. The lowest BCUT2D eigenvalue weighted by Gasteiger charge is -2.34. The van der Waals surface area contributed by atoms with E-state index in [2.05, 4.69) is 0 Å². The maximum absolute atomic E-state index is 13.8. The van der Waals surface area contributed by atoms with Crippen molar-refractivity contribution in [1.29, 1.82) is 0 Å². The second-order valence-corrected chi connectivity index (χ2v) is 7.61. The first-order valence-corrected chi connectivity index (χ1v) is 10.1. The molecule has 1 fully saturated rings. The van der Waals surface area contributed by atoms with Crippen LogP contribution in [0.2, 0.25) is 5.02 Å². The molecule has 0 bridgehead atoms. The highest BCUT2D eigenvalue weighted by molar-refractivity contribution is 6.32. The molecule has 1 aliphatic heterocycles. The van der Waals surface area contributed by atoms with Gasteiger partial charge in [0.1, 0.15) is 23.1 Å². The maximum Gasteiger partial charge on any atom is 0.352 e. The van der Waals surface area contributed by atoms with E-state index in [1.165, 1.54) is 23.1 Å². The highest BCUT2D eigenvalue weighted by Gasteiger charge is 2.26. The predicted molar refractivity (Wildman–Crippen MR) is 111 cm³/mol. The summed E-state index contributed by atoms with van der Waals surface area (Å²) in [6.45, 7) is 0.859. The number of aliphatic carboxylic acids is 2. The predicted octanol–water partition coefficient (Wildman–Crippen LogP) is 4.55. The molecule has 170 valence electrons. The van der Waals surface area contributed by atoms with E-state index in [-0.39, 0.29) is 47.0 Å². The molecule has 0 spiro atoms. The van der Waals surface area contributed by atoms with Crippen LogP contribution in [-0.4, -0.2) is 46.7 Å². The summed E-state index contributed by atoms with van der Waals surface area (Å²) in [6.07, 6.45) is 2.05. The van der Waals surface area contributed by atoms with Crippen LogP contribution < -0.4 is 9.47 Å². The molecule has 0 aliphatic carbocycles. The van der Waals surface area contributed by atoms with E-state index in [9.17, 15) is 23.5 Å². The summed E-state index contributed by atoms with van der Waals surface area (Å²) in [4.78, 5) is 23.9. The standard InChI is InChI=1S/C22H20ClF2NO6/c23-16-8-14(24)3-5-18(16)32-20-9-15(25)4-6-19(20)31-12-13-2-1-7-26(11-13)17(22(29)30)10-21(27)28/h3-6,8-10,13H,1-2,7,11-12H2,(H,27,28)(H,29,30)/b17-10-/t13-/m0/s1. The molecular weight excluding hydrogens is 448 g/mol. The molecule has 3 rings (SSSR count). The number of benzene rings is 2. The van der Waals surface area contributed by atoms with E-state index >= 15 is 0 Å². The number of likely N-dealkylation sites (tertiary alicyclic amines) is 1. The number of hydrogen-bond acceptors (Lipinski definition) is 5. The van der Waals surface area contributed by atoms with Gasteiger partial charge in [0.25, 0.3) is 0 Å². The van der Waals surface area contributed by atoms with Crippen LogP contribution in [-0.2, 0) is 9.59 Å². The molecule has 1 aliphatic rings. The van der Waals surface area contributed by atoms with Crippen LogP contribution in [0.15, 0.2) is 48.2 Å². The Bertz CT molecular complexity index is 1050. The molecule has 1 saturated heterocycles. The van der Waals surface area contributed by atoms with Crippen LogP contribution in [0.25, 0.3) is 0 Å². The first-order chi connectivity index (χ1) is 15.2. The second kappa shape index (κ2) is 10.3. The molecule has 10 heteroatoms. The summed E-state index contributed by atoms with van der Waals surface area (Å²) >= 11 is 5.98. The van der Waals surface area contributed by atoms with Crippen LogP contribution in [0.1, 0.15) is 12.8 Å². The normalized spacial score (nSPS) is 16.5. The Hall–Kier alpha value is -3.33. The minimum absolute atomic E-state index is 0.00884. The van der Waals surface area contributed by atoms with Crippen molar-refractivity contribution in [2.75, 3.05) is 19.7 Å². The molecule has 7 nitrogen and oxygen atoms in total. The molecule has 0 amide bonds. The first kappa shape index (κ1) is 23.3. The third kappa shape index (κ3) is 6.10. The molecule has 0 aromatic heterocycles. The molecule has 2 N–H and O–H groups in total. The van der Waals surface area contributed by atoms with Crippen molar-refractivity contribution in [3.8, 4) is 17.2 Å². The number of piperidine rings is 1. The first-order valence-electron chi connectivity index (χ1n) is 9.71. The molecule has 0 saturated carbocycles. The van der Waals surface area contributed by atoms with E-state index in [0.717, 1.165) is 24.6 Å². The van der Waals surface area contributed by atoms with Crippen molar-refractivity contribution >= 4 is 23.5 Å². The van der Waals surface area contributed by atoms with Gasteiger partial charge in [-0.05, 0) is 43.2 Å². The van der Waals surface area contributed by atoms with Crippen LogP contribution in [0.5, 0.6) is 17.2 Å². The molecule has 0 radical (unpaired) electrons. The fourth-order valence-corrected chi connectivity index (χ4v) is 3.60. The largest absolute Gasteiger partial charge is 0.489 e. The van der Waals surface area contributed by atoms with Crippen molar-refractivity contribution in [2.24, 2.45) is 5.92 Å². The third-order valence-electron chi connectivity index (χ3n) is 4.83. The molecule has 0 unspecified atom stereocenters. The number of nitrogens with zero attached hydrogens (tertiary/aromatic N) is 1. The zero-order valence-corrected chi connectivity index (χ0v) is 17.5. The number of hydrogen-bond donors (Lipinski definition) is 2. The number of carbonyl (C=O) groups is 2. The van der Waals surface area contributed by atoms with E-state index in [4.69, 9.17) is 26.2 Å². The van der Waals surface area contributed by atoms with Gasteiger partial charge >= 0.3 is 11.9 Å². The van der Waals surface area contributed by atoms with Crippen LogP contribution in [0, 0.1) is 17.6 Å². The van der Waals surface area contributed by atoms with Gasteiger partial charge in [-0.1, -0.05) is 11.6 Å². The van der Waals surface area contributed by atoms with E-state index in [1.54, 1.807) is 0 Å². The smallest absolute Gasteiger partial charge is 0.352 e. The van der Waals surface area contributed by atoms with Crippen LogP contribution in [0.4, 0.5) is 8.78 Å². The topological polar surface area (TPSA) is 96.3 Å². The van der Waals surface area contributed by atoms with Crippen molar-refractivity contribution < 1.29 is 38.1 Å². The number of carboxylic acid groups (broad SMARTS) is 2. The lowest BCUT2D eigenvalue weighted by atomic mass is 9.98. The number of ether oxygens (including phenoxy) is 2. The summed E-state index contributed by atoms with van der Waals surface area (Å²) in [5.74, 6) is -3.49. The minimum atomic E-state index is -1.34. The monoisotopic (exact) mass is 467 g/mol. The maximum atomic E-state index is 13.8. The van der Waals surface area contributed by atoms with Gasteiger partial charge in [-0.15, -0.1) is 0 Å². The minimum Gasteiger partial charge on any atom is -0.489 e. The van der Waals surface area contributed by atoms with Crippen LogP contribution in [0.3, 0.4) is 0 Å².